The lowest BCUT2D eigenvalue weighted by molar-refractivity contribution is -0.129. The van der Waals surface area contributed by atoms with Crippen LogP contribution in [0.2, 0.25) is 0 Å². The summed E-state index contributed by atoms with van der Waals surface area (Å²) in [6, 6.07) is -0.470. The molecule has 0 saturated carbocycles. The zero-order valence-electron chi connectivity index (χ0n) is 11.5. The highest BCUT2D eigenvalue weighted by molar-refractivity contribution is 5.83. The maximum atomic E-state index is 11.8. The van der Waals surface area contributed by atoms with Crippen molar-refractivity contribution in [1.82, 2.24) is 29.4 Å². The number of nitrogen functional groups attached to an aromatic ring is 1. The van der Waals surface area contributed by atoms with Gasteiger partial charge in [0.2, 0.25) is 23.8 Å². The third kappa shape index (κ3) is 2.99. The van der Waals surface area contributed by atoms with Crippen LogP contribution in [0, 0.1) is 0 Å². The smallest absolute Gasteiger partial charge is 0.244 e. The first-order valence-corrected chi connectivity index (χ1v) is 5.95. The summed E-state index contributed by atoms with van der Waals surface area (Å²) in [5, 5.41) is 2.90. The molecule has 2 rings (SSSR count). The highest BCUT2D eigenvalue weighted by atomic mass is 16.2. The standard InChI is InChI=1S/C11H16N8O/c1-7(8(20)18(2)3)14-10-15-9(12)16-11(17-10)19-5-4-13-6-19/h4-7H,1-3H3,(H3,12,14,15,16,17). The van der Waals surface area contributed by atoms with E-state index < -0.39 is 6.04 Å². The molecule has 1 amide bonds. The van der Waals surface area contributed by atoms with Gasteiger partial charge in [-0.2, -0.15) is 15.0 Å². The molecule has 0 spiro atoms. The van der Waals surface area contributed by atoms with E-state index in [2.05, 4.69) is 25.3 Å². The zero-order chi connectivity index (χ0) is 14.7. The van der Waals surface area contributed by atoms with E-state index in [1.807, 2.05) is 0 Å². The molecule has 3 N–H and O–H groups in total. The minimum Gasteiger partial charge on any atom is -0.368 e. The predicted octanol–water partition coefficient (Wildman–Crippen LogP) is -0.472. The van der Waals surface area contributed by atoms with Crippen LogP contribution in [0.4, 0.5) is 11.9 Å². The Morgan fingerprint density at radius 1 is 1.40 bits per heavy atom. The van der Waals surface area contributed by atoms with Gasteiger partial charge in [-0.15, -0.1) is 0 Å². The van der Waals surface area contributed by atoms with Crippen molar-refractivity contribution >= 4 is 17.8 Å². The van der Waals surface area contributed by atoms with E-state index in [0.29, 0.717) is 5.95 Å². The third-order valence-electron chi connectivity index (χ3n) is 2.53. The van der Waals surface area contributed by atoms with Gasteiger partial charge in [-0.25, -0.2) is 4.98 Å². The van der Waals surface area contributed by atoms with E-state index >= 15 is 0 Å². The number of carbonyl (C=O) groups is 1. The molecule has 0 aliphatic heterocycles. The van der Waals surface area contributed by atoms with Crippen molar-refractivity contribution in [2.75, 3.05) is 25.1 Å². The molecule has 0 aliphatic rings. The number of rotatable bonds is 4. The SMILES string of the molecule is CC(Nc1nc(N)nc(-n2ccnc2)n1)C(=O)N(C)C. The van der Waals surface area contributed by atoms with Crippen molar-refractivity contribution in [1.29, 1.82) is 0 Å². The molecule has 0 aliphatic carbocycles. The number of imidazole rings is 1. The zero-order valence-corrected chi connectivity index (χ0v) is 11.5. The van der Waals surface area contributed by atoms with Crippen molar-refractivity contribution < 1.29 is 4.79 Å². The van der Waals surface area contributed by atoms with Crippen LogP contribution in [-0.2, 0) is 4.79 Å². The van der Waals surface area contributed by atoms with Gasteiger partial charge in [0.1, 0.15) is 12.4 Å². The third-order valence-corrected chi connectivity index (χ3v) is 2.53. The van der Waals surface area contributed by atoms with Crippen molar-refractivity contribution in [3.05, 3.63) is 18.7 Å². The monoisotopic (exact) mass is 276 g/mol. The van der Waals surface area contributed by atoms with Crippen LogP contribution < -0.4 is 11.1 Å². The summed E-state index contributed by atoms with van der Waals surface area (Å²) in [7, 11) is 3.36. The van der Waals surface area contributed by atoms with E-state index in [9.17, 15) is 4.79 Å². The maximum absolute atomic E-state index is 11.8. The van der Waals surface area contributed by atoms with Crippen LogP contribution in [0.15, 0.2) is 18.7 Å². The lowest BCUT2D eigenvalue weighted by atomic mass is 10.3. The molecule has 0 saturated heterocycles. The molecule has 0 bridgehead atoms. The second-order valence-corrected chi connectivity index (χ2v) is 4.39. The van der Waals surface area contributed by atoms with Crippen molar-refractivity contribution in [3.63, 3.8) is 0 Å². The Hall–Kier alpha value is -2.71. The van der Waals surface area contributed by atoms with Crippen molar-refractivity contribution in [3.8, 4) is 5.95 Å². The van der Waals surface area contributed by atoms with Gasteiger partial charge in [0, 0.05) is 26.5 Å². The molecular formula is C11H16N8O. The van der Waals surface area contributed by atoms with Gasteiger partial charge in [-0.05, 0) is 6.92 Å². The molecule has 0 aromatic carbocycles. The quantitative estimate of drug-likeness (QED) is 0.775. The lowest BCUT2D eigenvalue weighted by Crippen LogP contribution is -2.37. The Kier molecular flexibility index (Phi) is 3.78. The second-order valence-electron chi connectivity index (χ2n) is 4.39. The van der Waals surface area contributed by atoms with Crippen LogP contribution in [0.5, 0.6) is 0 Å². The maximum Gasteiger partial charge on any atom is 0.244 e. The summed E-state index contributed by atoms with van der Waals surface area (Å²) in [6.45, 7) is 1.72. The van der Waals surface area contributed by atoms with Gasteiger partial charge < -0.3 is 16.0 Å². The van der Waals surface area contributed by atoms with Gasteiger partial charge in [-0.3, -0.25) is 9.36 Å². The fourth-order valence-corrected chi connectivity index (χ4v) is 1.58. The van der Waals surface area contributed by atoms with Crippen LogP contribution in [0.3, 0.4) is 0 Å². The van der Waals surface area contributed by atoms with E-state index in [1.54, 1.807) is 44.3 Å². The van der Waals surface area contributed by atoms with Gasteiger partial charge in [0.25, 0.3) is 0 Å². The topological polar surface area (TPSA) is 115 Å². The highest BCUT2D eigenvalue weighted by Gasteiger charge is 2.16. The first kappa shape index (κ1) is 13.7. The number of amides is 1. The molecule has 2 aromatic rings. The van der Waals surface area contributed by atoms with Crippen molar-refractivity contribution in [2.24, 2.45) is 0 Å². The number of hydrogen-bond donors (Lipinski definition) is 2. The van der Waals surface area contributed by atoms with Gasteiger partial charge in [-0.1, -0.05) is 0 Å². The van der Waals surface area contributed by atoms with E-state index in [0.717, 1.165) is 0 Å². The lowest BCUT2D eigenvalue weighted by Gasteiger charge is -2.18. The number of carbonyl (C=O) groups excluding carboxylic acids is 1. The summed E-state index contributed by atoms with van der Waals surface area (Å²) >= 11 is 0. The molecule has 1 unspecified atom stereocenters. The molecule has 1 atom stereocenters. The van der Waals surface area contributed by atoms with Gasteiger partial charge in [0.15, 0.2) is 0 Å². The molecule has 106 valence electrons. The summed E-state index contributed by atoms with van der Waals surface area (Å²) in [6.07, 6.45) is 4.84. The van der Waals surface area contributed by atoms with Crippen LogP contribution in [-0.4, -0.2) is 55.4 Å². The Balaban J connectivity index is 2.23. The Labute approximate surface area is 115 Å². The second kappa shape index (κ2) is 5.51. The van der Waals surface area contributed by atoms with Gasteiger partial charge >= 0.3 is 0 Å². The average Bonchev–Trinajstić information content (AvgIpc) is 2.90. The predicted molar refractivity (Wildman–Crippen MR) is 73.1 cm³/mol. The fraction of sp³-hybridized carbons (Fsp3) is 0.364. The minimum atomic E-state index is -0.470. The molecule has 9 nitrogen and oxygen atoms in total. The van der Waals surface area contributed by atoms with Crippen LogP contribution in [0.1, 0.15) is 6.92 Å². The number of nitrogens with two attached hydrogens (primary N) is 1. The first-order valence-electron chi connectivity index (χ1n) is 5.95. The molecule has 2 aromatic heterocycles. The number of hydrogen-bond acceptors (Lipinski definition) is 7. The normalized spacial score (nSPS) is 11.9. The van der Waals surface area contributed by atoms with E-state index in [4.69, 9.17) is 5.73 Å². The highest BCUT2D eigenvalue weighted by Crippen LogP contribution is 2.08. The molecule has 2 heterocycles. The van der Waals surface area contributed by atoms with Crippen molar-refractivity contribution in [2.45, 2.75) is 13.0 Å². The molecule has 20 heavy (non-hydrogen) atoms. The Morgan fingerprint density at radius 2 is 2.15 bits per heavy atom. The fourth-order valence-electron chi connectivity index (χ4n) is 1.58. The van der Waals surface area contributed by atoms with Crippen LogP contribution in [0.25, 0.3) is 5.95 Å². The van der Waals surface area contributed by atoms with E-state index in [1.165, 1.54) is 4.90 Å². The average molecular weight is 276 g/mol. The van der Waals surface area contributed by atoms with E-state index in [-0.39, 0.29) is 17.8 Å². The van der Waals surface area contributed by atoms with Gasteiger partial charge in [0.05, 0.1) is 0 Å². The first-order chi connectivity index (χ1) is 9.47. The number of aromatic nitrogens is 5. The Morgan fingerprint density at radius 3 is 2.75 bits per heavy atom. The minimum absolute atomic E-state index is 0.0655. The number of nitrogens with zero attached hydrogens (tertiary/aromatic N) is 6. The number of anilines is 2. The number of likely N-dealkylation sites (N-methyl/N-ethyl adjacent to an activating group) is 1. The largest absolute Gasteiger partial charge is 0.368 e. The molecule has 9 heteroatoms. The number of nitrogens with one attached hydrogen (secondary N) is 1. The van der Waals surface area contributed by atoms with Crippen LogP contribution >= 0.6 is 0 Å². The molecular weight excluding hydrogens is 260 g/mol. The Bertz CT molecular complexity index is 594. The summed E-state index contributed by atoms with van der Waals surface area (Å²) in [4.78, 5) is 29.4. The summed E-state index contributed by atoms with van der Waals surface area (Å²) in [5.74, 6) is 0.551. The summed E-state index contributed by atoms with van der Waals surface area (Å²) in [5.41, 5.74) is 5.65. The molecule has 0 fully saturated rings. The molecule has 0 radical (unpaired) electrons. The summed E-state index contributed by atoms with van der Waals surface area (Å²) < 4.78 is 1.60.